The average Bonchev–Trinajstić information content (AvgIpc) is 0.801. The molecule has 7 N–H and O–H groups in total. The van der Waals surface area contributed by atoms with E-state index in [1.54, 1.807) is 18.2 Å². The van der Waals surface area contributed by atoms with Crippen LogP contribution in [0.1, 0.15) is 145 Å². The molecule has 8 heterocycles. The van der Waals surface area contributed by atoms with Crippen molar-refractivity contribution in [2.45, 2.75) is 135 Å². The van der Waals surface area contributed by atoms with Crippen molar-refractivity contribution < 1.29 is 76.3 Å². The standard InChI is InChI=1S/C27H27ClF2N2O5.C18H25NO3.C17H24N2O3.C13H18O3.CH4/c28-18-3-5-20-17(10-18)12-23(37-20)27(29,30)25(34)31-19(13-32-14-26(15-32)6-1-7-26)24(33)16-2-4-21-22(11-16)36-9-8-35-21;1-13(10-19-11-18(12-19)5-2-6-18)17(20)14-3-4-15-16(9-14)22-8-7-21-15;18-13(9-19-10-17(11-19)4-1-5-17)16(20)12-2-3-14-15(8-12)22-7-6-21-14;1-3-9(2)13(14)10-4-5-11-12(8-10)16-7-6-15-11;/h2-5,10-12,19,24,33H,1,6-9,13-15H2,(H,31,34);3-4,9,13,17,20H,2,5-8,10-12H2,1H3;2-3,8,13,16,20H,1,4-7,9-11,18H2;4-5,8-9,13-14H,3,6-7H2,1-2H3;1H4/t19-,24-;13-,17+;13-,16-;9-,13+;/m1111./s1. The molecule has 7 aliphatic heterocycles. The number of hydrogen-bond donors (Lipinski definition) is 6. The summed E-state index contributed by atoms with van der Waals surface area (Å²) in [5, 5.41) is 45.7. The maximum absolute atomic E-state index is 15.3. The molecule has 0 bridgehead atoms. The molecule has 8 atom stereocenters. The van der Waals surface area contributed by atoms with Crippen molar-refractivity contribution in [1.29, 1.82) is 0 Å². The lowest BCUT2D eigenvalue weighted by atomic mass is 9.63. The Hall–Kier alpha value is -6.66. The SMILES string of the molecule is C.CC[C@@H](C)[C@H](O)c1ccc2c(c1)OCCO2.C[C@H](CN1CC2(CCC2)C1)[C@H](O)c1ccc2c(c1)OCCO2.N[C@H](CN1CC2(CCC2)C1)[C@H](O)c1ccc2c(c1)OCCO2.O=C(N[C@H](CN1CC2(CCC2)C1)[C@H](O)c1ccc2c(c1)OCCO2)C(F)(F)c1cc2cc(Cl)ccc2o1. The zero-order chi connectivity index (χ0) is 67.6. The Kier molecular flexibility index (Phi) is 22.0. The third kappa shape index (κ3) is 15.8. The number of alkyl halides is 2. The maximum Gasteiger partial charge on any atom is 0.380 e. The summed E-state index contributed by atoms with van der Waals surface area (Å²) in [6, 6.07) is 26.3. The number of nitrogens with two attached hydrogens (primary N) is 1. The zero-order valence-electron chi connectivity index (χ0n) is 55.9. The minimum absolute atomic E-state index is 0. The van der Waals surface area contributed by atoms with E-state index in [2.05, 4.69) is 33.9 Å². The fourth-order valence-electron chi connectivity index (χ4n) is 15.4. The van der Waals surface area contributed by atoms with Gasteiger partial charge in [-0.25, -0.2) is 0 Å². The van der Waals surface area contributed by atoms with Gasteiger partial charge in [0.1, 0.15) is 64.5 Å². The molecule has 0 unspecified atom stereocenters. The molecule has 10 aliphatic rings. The van der Waals surface area contributed by atoms with Crippen LogP contribution in [0.4, 0.5) is 8.78 Å². The van der Waals surface area contributed by atoms with Gasteiger partial charge >= 0.3 is 5.92 Å². The Balaban J connectivity index is 0.000000130. The number of carbonyl (C=O) groups is 1. The number of nitrogens with one attached hydrogen (secondary N) is 1. The van der Waals surface area contributed by atoms with Crippen molar-refractivity contribution >= 4 is 28.5 Å². The molecular formula is C76H98ClF2N5O14. The van der Waals surface area contributed by atoms with Gasteiger partial charge in [0.15, 0.2) is 51.8 Å². The fraction of sp³-hybridized carbons (Fsp3) is 0.566. The molecule has 22 heteroatoms. The van der Waals surface area contributed by atoms with Crippen LogP contribution in [0, 0.1) is 28.1 Å². The minimum Gasteiger partial charge on any atom is -0.486 e. The Bertz CT molecular complexity index is 3590. The lowest BCUT2D eigenvalue weighted by Gasteiger charge is -2.57. The lowest BCUT2D eigenvalue weighted by Crippen LogP contribution is -2.63. The molecule has 3 saturated heterocycles. The highest BCUT2D eigenvalue weighted by Crippen LogP contribution is 2.51. The highest BCUT2D eigenvalue weighted by Gasteiger charge is 2.51. The topological polar surface area (TPSA) is 233 Å². The largest absolute Gasteiger partial charge is 0.486 e. The number of fused-ring (bicyclic) bond motifs is 5. The number of ether oxygens (including phenoxy) is 8. The van der Waals surface area contributed by atoms with Gasteiger partial charge in [-0.3, -0.25) is 9.69 Å². The molecule has 1 amide bonds. The molecule has 3 aliphatic carbocycles. The monoisotopic (exact) mass is 1380 g/mol. The van der Waals surface area contributed by atoms with Gasteiger partial charge in [0.05, 0.1) is 24.4 Å². The van der Waals surface area contributed by atoms with Crippen LogP contribution in [-0.2, 0) is 10.7 Å². The third-order valence-corrected chi connectivity index (χ3v) is 21.8. The summed E-state index contributed by atoms with van der Waals surface area (Å²) in [4.78, 5) is 19.9. The maximum atomic E-state index is 15.3. The molecule has 16 rings (SSSR count). The first kappa shape index (κ1) is 71.2. The second-order valence-electron chi connectivity index (χ2n) is 28.9. The van der Waals surface area contributed by atoms with Gasteiger partial charge in [-0.15, -0.1) is 0 Å². The van der Waals surface area contributed by atoms with E-state index >= 15 is 8.78 Å². The molecule has 0 radical (unpaired) electrons. The van der Waals surface area contributed by atoms with Gasteiger partial charge in [0.2, 0.25) is 0 Å². The number of carbonyl (C=O) groups excluding carboxylic acids is 1. The van der Waals surface area contributed by atoms with Gasteiger partial charge in [-0.2, -0.15) is 8.78 Å². The molecule has 3 spiro atoms. The van der Waals surface area contributed by atoms with E-state index in [0.29, 0.717) is 102 Å². The summed E-state index contributed by atoms with van der Waals surface area (Å²) >= 11 is 5.96. The summed E-state index contributed by atoms with van der Waals surface area (Å²) in [6.45, 7) is 18.9. The normalized spacial score (nSPS) is 21.9. The van der Waals surface area contributed by atoms with Crippen molar-refractivity contribution in [3.63, 3.8) is 0 Å². The van der Waals surface area contributed by atoms with E-state index in [0.717, 1.165) is 110 Å². The number of amides is 1. The number of halogens is 3. The van der Waals surface area contributed by atoms with Crippen molar-refractivity contribution in [1.82, 2.24) is 20.0 Å². The van der Waals surface area contributed by atoms with Crippen LogP contribution in [0.15, 0.2) is 101 Å². The highest BCUT2D eigenvalue weighted by molar-refractivity contribution is 6.31. The second kappa shape index (κ2) is 30.3. The van der Waals surface area contributed by atoms with E-state index in [4.69, 9.17) is 59.6 Å². The first-order chi connectivity index (χ1) is 46.7. The molecule has 98 heavy (non-hydrogen) atoms. The summed E-state index contributed by atoms with van der Waals surface area (Å²) < 4.78 is 80.2. The summed E-state index contributed by atoms with van der Waals surface area (Å²) in [5.41, 5.74) is 11.0. The number of aliphatic hydroxyl groups excluding tert-OH is 4. The molecule has 3 saturated carbocycles. The first-order valence-electron chi connectivity index (χ1n) is 34.9. The molecule has 1 aromatic heterocycles. The van der Waals surface area contributed by atoms with E-state index < -0.39 is 48.0 Å². The van der Waals surface area contributed by atoms with Crippen molar-refractivity contribution in [2.24, 2.45) is 33.8 Å². The smallest absolute Gasteiger partial charge is 0.380 e. The summed E-state index contributed by atoms with van der Waals surface area (Å²) in [7, 11) is 0. The number of rotatable bonds is 18. The molecule has 6 aromatic rings. The number of nitrogens with zero attached hydrogens (tertiary/aromatic N) is 3. The van der Waals surface area contributed by atoms with Gasteiger partial charge in [0, 0.05) is 75.4 Å². The fourth-order valence-corrected chi connectivity index (χ4v) is 15.5. The number of likely N-dealkylation sites (tertiary alicyclic amines) is 3. The Labute approximate surface area is 578 Å². The first-order valence-corrected chi connectivity index (χ1v) is 35.2. The predicted octanol–water partition coefficient (Wildman–Crippen LogP) is 11.7. The Morgan fingerprint density at radius 2 is 0.878 bits per heavy atom. The van der Waals surface area contributed by atoms with E-state index in [1.807, 2.05) is 61.5 Å². The highest BCUT2D eigenvalue weighted by atomic mass is 35.5. The van der Waals surface area contributed by atoms with Crippen LogP contribution < -0.4 is 48.9 Å². The molecule has 6 fully saturated rings. The Morgan fingerprint density at radius 1 is 0.510 bits per heavy atom. The number of benzene rings is 5. The minimum atomic E-state index is -3.96. The summed E-state index contributed by atoms with van der Waals surface area (Å²) in [5.74, 6) is -0.300. The molecule has 19 nitrogen and oxygen atoms in total. The van der Waals surface area contributed by atoms with E-state index in [-0.39, 0.29) is 37.4 Å². The molecule has 532 valence electrons. The van der Waals surface area contributed by atoms with Crippen LogP contribution in [0.3, 0.4) is 0 Å². The number of aliphatic hydroxyl groups is 4. The summed E-state index contributed by atoms with van der Waals surface area (Å²) in [6.07, 6.45) is 9.98. The molecule has 5 aromatic carbocycles. The van der Waals surface area contributed by atoms with Gasteiger partial charge in [-0.05, 0) is 162 Å². The van der Waals surface area contributed by atoms with Crippen LogP contribution in [0.5, 0.6) is 46.0 Å². The van der Waals surface area contributed by atoms with Gasteiger partial charge in [-0.1, -0.05) is 89.7 Å². The zero-order valence-corrected chi connectivity index (χ0v) is 56.6. The van der Waals surface area contributed by atoms with E-state index in [9.17, 15) is 25.2 Å². The second-order valence-corrected chi connectivity index (χ2v) is 29.4. The van der Waals surface area contributed by atoms with Crippen LogP contribution in [-0.4, -0.2) is 165 Å². The van der Waals surface area contributed by atoms with Crippen molar-refractivity contribution in [3.05, 3.63) is 130 Å². The van der Waals surface area contributed by atoms with E-state index in [1.165, 1.54) is 76.2 Å². The van der Waals surface area contributed by atoms with Gasteiger partial charge in [0.25, 0.3) is 5.91 Å². The van der Waals surface area contributed by atoms with Gasteiger partial charge < -0.3 is 83.6 Å². The van der Waals surface area contributed by atoms with Crippen LogP contribution in [0.2, 0.25) is 5.02 Å². The average molecular weight is 1380 g/mol. The lowest BCUT2D eigenvalue weighted by molar-refractivity contribution is -0.152. The number of furan rings is 1. The van der Waals surface area contributed by atoms with Crippen molar-refractivity contribution in [2.75, 3.05) is 112 Å². The molecular weight excluding hydrogens is 1280 g/mol. The third-order valence-electron chi connectivity index (χ3n) is 21.6. The Morgan fingerprint density at radius 3 is 1.28 bits per heavy atom. The quantitative estimate of drug-likeness (QED) is 0.0469. The van der Waals surface area contributed by atoms with Crippen LogP contribution >= 0.6 is 11.6 Å². The predicted molar refractivity (Wildman–Crippen MR) is 368 cm³/mol. The number of hydrogen-bond acceptors (Lipinski definition) is 18. The van der Waals surface area contributed by atoms with Crippen molar-refractivity contribution in [3.8, 4) is 46.0 Å². The van der Waals surface area contributed by atoms with Crippen LogP contribution in [0.25, 0.3) is 11.0 Å².